The van der Waals surface area contributed by atoms with Gasteiger partial charge in [-0.05, 0) is 73.5 Å². The molecule has 36 heavy (non-hydrogen) atoms. The van der Waals surface area contributed by atoms with E-state index in [1.165, 1.54) is 0 Å². The third-order valence-corrected chi connectivity index (χ3v) is 6.59. The Balaban J connectivity index is 1.36. The van der Waals surface area contributed by atoms with Gasteiger partial charge >= 0.3 is 0 Å². The number of amides is 1. The molecule has 0 radical (unpaired) electrons. The van der Waals surface area contributed by atoms with Gasteiger partial charge in [0.15, 0.2) is 0 Å². The fourth-order valence-electron chi connectivity index (χ4n) is 4.96. The second-order valence-electron chi connectivity index (χ2n) is 9.46. The van der Waals surface area contributed by atoms with Crippen molar-refractivity contribution in [3.8, 4) is 11.5 Å². The van der Waals surface area contributed by atoms with E-state index in [2.05, 4.69) is 6.07 Å². The molecule has 0 aliphatic carbocycles. The molecule has 1 N–H and O–H groups in total. The lowest BCUT2D eigenvalue weighted by molar-refractivity contribution is -0.117. The fraction of sp³-hybridized carbons (Fsp3) is 0.310. The fourth-order valence-corrected chi connectivity index (χ4v) is 4.96. The van der Waals surface area contributed by atoms with Gasteiger partial charge in [0.05, 0.1) is 24.7 Å². The Bertz CT molecular complexity index is 1360. The highest BCUT2D eigenvalue weighted by atomic mass is 16.5. The normalized spacial score (nSPS) is 16.5. The lowest BCUT2D eigenvalue weighted by Crippen LogP contribution is -2.26. The molecule has 2 heterocycles. The molecule has 1 aliphatic heterocycles. The number of aliphatic hydroxyl groups is 1. The summed E-state index contributed by atoms with van der Waals surface area (Å²) in [7, 11) is 1.62. The van der Waals surface area contributed by atoms with E-state index in [1.54, 1.807) is 12.0 Å². The third kappa shape index (κ3) is 4.93. The van der Waals surface area contributed by atoms with Crippen molar-refractivity contribution in [2.45, 2.75) is 38.8 Å². The van der Waals surface area contributed by atoms with Crippen LogP contribution in [0, 0.1) is 13.8 Å². The predicted molar refractivity (Wildman–Crippen MR) is 140 cm³/mol. The first kappa shape index (κ1) is 23.9. The maximum absolute atomic E-state index is 13.0. The molecule has 3 aromatic carbocycles. The van der Waals surface area contributed by atoms with Crippen LogP contribution in [-0.2, 0) is 11.3 Å². The number of fused-ring (bicyclic) bond motifs is 1. The molecule has 2 unspecified atom stereocenters. The molecule has 186 valence electrons. The molecule has 1 fully saturated rings. The largest absolute Gasteiger partial charge is 0.497 e. The number of para-hydroxylation sites is 2. The lowest BCUT2D eigenvalue weighted by Gasteiger charge is -2.19. The molecule has 2 atom stereocenters. The summed E-state index contributed by atoms with van der Waals surface area (Å²) in [5, 5.41) is 10.9. The number of rotatable bonds is 8. The number of hydrogen-bond donors (Lipinski definition) is 1. The minimum Gasteiger partial charge on any atom is -0.497 e. The van der Waals surface area contributed by atoms with Crippen molar-refractivity contribution < 1.29 is 19.4 Å². The van der Waals surface area contributed by atoms with Gasteiger partial charge in [-0.15, -0.1) is 0 Å². The Morgan fingerprint density at radius 1 is 1.03 bits per heavy atom. The summed E-state index contributed by atoms with van der Waals surface area (Å²) < 4.78 is 13.2. The first-order valence-corrected chi connectivity index (χ1v) is 12.2. The first-order chi connectivity index (χ1) is 17.4. The van der Waals surface area contributed by atoms with Crippen LogP contribution < -0.4 is 14.4 Å². The molecule has 4 aromatic rings. The lowest BCUT2D eigenvalue weighted by atomic mass is 10.1. The monoisotopic (exact) mass is 485 g/mol. The highest BCUT2D eigenvalue weighted by Gasteiger charge is 2.35. The molecule has 0 saturated carbocycles. The summed E-state index contributed by atoms with van der Waals surface area (Å²) in [6.45, 7) is 5.07. The van der Waals surface area contributed by atoms with E-state index >= 15 is 0 Å². The van der Waals surface area contributed by atoms with Gasteiger partial charge in [-0.25, -0.2) is 4.98 Å². The van der Waals surface area contributed by atoms with Crippen LogP contribution in [0.5, 0.6) is 11.5 Å². The molecule has 1 aliphatic rings. The molecule has 0 bridgehead atoms. The van der Waals surface area contributed by atoms with Crippen LogP contribution in [0.4, 0.5) is 5.69 Å². The van der Waals surface area contributed by atoms with Crippen molar-refractivity contribution in [2.24, 2.45) is 0 Å². The quantitative estimate of drug-likeness (QED) is 0.394. The van der Waals surface area contributed by atoms with Crippen LogP contribution in [0.1, 0.15) is 29.3 Å². The Morgan fingerprint density at radius 2 is 1.75 bits per heavy atom. The van der Waals surface area contributed by atoms with Gasteiger partial charge in [-0.2, -0.15) is 0 Å². The number of methoxy groups -OCH3 is 1. The smallest absolute Gasteiger partial charge is 0.227 e. The number of carbonyl (C=O) groups is 1. The van der Waals surface area contributed by atoms with E-state index in [9.17, 15) is 9.90 Å². The predicted octanol–water partition coefficient (Wildman–Crippen LogP) is 4.62. The van der Waals surface area contributed by atoms with Crippen LogP contribution in [0.15, 0.2) is 66.7 Å². The number of benzene rings is 3. The van der Waals surface area contributed by atoms with Gasteiger partial charge in [0.25, 0.3) is 0 Å². The molecule has 1 saturated heterocycles. The number of aromatic nitrogens is 2. The average Bonchev–Trinajstić information content (AvgIpc) is 3.43. The van der Waals surface area contributed by atoms with Crippen LogP contribution >= 0.6 is 0 Å². The van der Waals surface area contributed by atoms with Crippen LogP contribution in [0.2, 0.25) is 0 Å². The topological polar surface area (TPSA) is 76.8 Å². The zero-order valence-corrected chi connectivity index (χ0v) is 20.8. The van der Waals surface area contributed by atoms with E-state index in [0.717, 1.165) is 45.2 Å². The van der Waals surface area contributed by atoms with E-state index in [4.69, 9.17) is 14.5 Å². The summed E-state index contributed by atoms with van der Waals surface area (Å²) in [6.07, 6.45) is -0.373. The van der Waals surface area contributed by atoms with Gasteiger partial charge in [0.1, 0.15) is 30.0 Å². The third-order valence-electron chi connectivity index (χ3n) is 6.59. The average molecular weight is 486 g/mol. The molecule has 7 heteroatoms. The van der Waals surface area contributed by atoms with E-state index in [-0.39, 0.29) is 18.4 Å². The maximum atomic E-state index is 13.0. The highest BCUT2D eigenvalue weighted by molar-refractivity contribution is 5.96. The SMILES string of the molecule is COc1ccc(N2CC(c3nc4ccccc4n3CC(O)COc3cc(C)cc(C)c3)CC2=O)cc1. The molecule has 1 amide bonds. The molecule has 1 aromatic heterocycles. The van der Waals surface area contributed by atoms with Crippen molar-refractivity contribution >= 4 is 22.6 Å². The Hall–Kier alpha value is -3.84. The van der Waals surface area contributed by atoms with Gasteiger partial charge in [-0.1, -0.05) is 18.2 Å². The Morgan fingerprint density at radius 3 is 2.47 bits per heavy atom. The minimum absolute atomic E-state index is 0.0578. The Labute approximate surface area is 210 Å². The second-order valence-corrected chi connectivity index (χ2v) is 9.46. The number of ether oxygens (including phenoxy) is 2. The van der Waals surface area contributed by atoms with Crippen LogP contribution in [-0.4, -0.2) is 46.9 Å². The first-order valence-electron chi connectivity index (χ1n) is 12.2. The maximum Gasteiger partial charge on any atom is 0.227 e. The number of hydrogen-bond acceptors (Lipinski definition) is 5. The van der Waals surface area contributed by atoms with Crippen molar-refractivity contribution in [1.29, 1.82) is 0 Å². The van der Waals surface area contributed by atoms with Gasteiger partial charge in [0, 0.05) is 24.6 Å². The van der Waals surface area contributed by atoms with Crippen LogP contribution in [0.3, 0.4) is 0 Å². The van der Waals surface area contributed by atoms with Crippen molar-refractivity contribution in [1.82, 2.24) is 9.55 Å². The van der Waals surface area contributed by atoms with E-state index in [1.807, 2.05) is 79.1 Å². The standard InChI is InChI=1S/C29H31N3O4/c1-19-12-20(2)14-25(13-19)36-18-23(33)17-32-27-7-5-4-6-26(27)30-29(32)21-15-28(34)31(16-21)22-8-10-24(35-3)11-9-22/h4-14,21,23,33H,15-18H2,1-3H3. The van der Waals surface area contributed by atoms with Crippen molar-refractivity contribution in [3.63, 3.8) is 0 Å². The number of aryl methyl sites for hydroxylation is 2. The zero-order valence-electron chi connectivity index (χ0n) is 20.8. The van der Waals surface area contributed by atoms with Gasteiger partial charge in [0.2, 0.25) is 5.91 Å². The molecule has 0 spiro atoms. The van der Waals surface area contributed by atoms with E-state index in [0.29, 0.717) is 19.5 Å². The molecule has 7 nitrogen and oxygen atoms in total. The molecular weight excluding hydrogens is 454 g/mol. The van der Waals surface area contributed by atoms with E-state index < -0.39 is 6.10 Å². The molecular formula is C29H31N3O4. The number of carbonyl (C=O) groups excluding carboxylic acids is 1. The highest BCUT2D eigenvalue weighted by Crippen LogP contribution is 2.34. The second kappa shape index (κ2) is 10.0. The summed E-state index contributed by atoms with van der Waals surface area (Å²) in [5.41, 5.74) is 4.87. The van der Waals surface area contributed by atoms with Gasteiger partial charge in [-0.3, -0.25) is 4.79 Å². The van der Waals surface area contributed by atoms with Gasteiger partial charge < -0.3 is 24.0 Å². The summed E-state index contributed by atoms with van der Waals surface area (Å²) in [6, 6.07) is 21.4. The number of anilines is 1. The Kier molecular flexibility index (Phi) is 6.65. The minimum atomic E-state index is -0.739. The summed E-state index contributed by atoms with van der Waals surface area (Å²) in [4.78, 5) is 19.7. The summed E-state index contributed by atoms with van der Waals surface area (Å²) in [5.74, 6) is 2.28. The van der Waals surface area contributed by atoms with Crippen molar-refractivity contribution in [2.75, 3.05) is 25.2 Å². The number of aliphatic hydroxyl groups excluding tert-OH is 1. The van der Waals surface area contributed by atoms with Crippen LogP contribution in [0.25, 0.3) is 11.0 Å². The number of nitrogens with zero attached hydrogens (tertiary/aromatic N) is 3. The number of imidazole rings is 1. The summed E-state index contributed by atoms with van der Waals surface area (Å²) >= 11 is 0. The van der Waals surface area contributed by atoms with Crippen molar-refractivity contribution in [3.05, 3.63) is 83.7 Å². The zero-order chi connectivity index (χ0) is 25.2. The molecule has 5 rings (SSSR count).